The third kappa shape index (κ3) is 3.78. The molecule has 0 saturated heterocycles. The molecule has 15 heavy (non-hydrogen) atoms. The lowest BCUT2D eigenvalue weighted by molar-refractivity contribution is -0.136. The summed E-state index contributed by atoms with van der Waals surface area (Å²) in [7, 11) is 0. The van der Waals surface area contributed by atoms with Crippen LogP contribution in [0.25, 0.3) is 0 Å². The molecule has 1 saturated carbocycles. The molecule has 1 aliphatic rings. The third-order valence-corrected chi connectivity index (χ3v) is 3.26. The Morgan fingerprint density at radius 1 is 1.27 bits per heavy atom. The average molecular weight is 210 g/mol. The number of hydrogen-bond donors (Lipinski definition) is 1. The first-order chi connectivity index (χ1) is 7.19. The number of rotatable bonds is 7. The van der Waals surface area contributed by atoms with E-state index in [-0.39, 0.29) is 5.78 Å². The highest BCUT2D eigenvalue weighted by Crippen LogP contribution is 2.31. The van der Waals surface area contributed by atoms with Gasteiger partial charge in [0.25, 0.3) is 0 Å². The van der Waals surface area contributed by atoms with Gasteiger partial charge in [-0.25, -0.2) is 0 Å². The minimum absolute atomic E-state index is 0.0682. The number of ketones is 1. The fourth-order valence-corrected chi connectivity index (χ4v) is 2.22. The largest absolute Gasteiger partial charge is 0.382 e. The lowest BCUT2D eigenvalue weighted by Gasteiger charge is -2.19. The maximum Gasteiger partial charge on any atom is 0.164 e. The van der Waals surface area contributed by atoms with Gasteiger partial charge < -0.3 is 5.11 Å². The lowest BCUT2D eigenvalue weighted by Crippen LogP contribution is -2.35. The van der Waals surface area contributed by atoms with Gasteiger partial charge in [0.15, 0.2) is 5.78 Å². The Balaban J connectivity index is 2.15. The van der Waals surface area contributed by atoms with E-state index < -0.39 is 5.60 Å². The van der Waals surface area contributed by atoms with E-state index in [2.05, 4.69) is 6.58 Å². The average Bonchev–Trinajstić information content (AvgIpc) is 2.66. The zero-order valence-corrected chi connectivity index (χ0v) is 9.50. The van der Waals surface area contributed by atoms with Crippen LogP contribution in [0.5, 0.6) is 0 Å². The van der Waals surface area contributed by atoms with E-state index in [9.17, 15) is 9.90 Å². The molecule has 86 valence electrons. The van der Waals surface area contributed by atoms with Gasteiger partial charge in [0.05, 0.1) is 0 Å². The van der Waals surface area contributed by atoms with Crippen molar-refractivity contribution in [3.05, 3.63) is 12.7 Å². The molecule has 0 aromatic rings. The van der Waals surface area contributed by atoms with Crippen molar-refractivity contribution in [2.24, 2.45) is 0 Å². The van der Waals surface area contributed by atoms with Gasteiger partial charge in [-0.3, -0.25) is 4.79 Å². The molecule has 0 radical (unpaired) electrons. The summed E-state index contributed by atoms with van der Waals surface area (Å²) in [4.78, 5) is 11.7. The zero-order valence-electron chi connectivity index (χ0n) is 9.50. The second-order valence-electron chi connectivity index (χ2n) is 4.55. The Morgan fingerprint density at radius 2 is 1.93 bits per heavy atom. The maximum absolute atomic E-state index is 11.7. The fraction of sp³-hybridized carbons (Fsp3) is 0.769. The molecule has 1 N–H and O–H groups in total. The van der Waals surface area contributed by atoms with Crippen molar-refractivity contribution >= 4 is 5.78 Å². The molecule has 1 aliphatic carbocycles. The Bertz CT molecular complexity index is 215. The summed E-state index contributed by atoms with van der Waals surface area (Å²) in [5, 5.41) is 10.00. The number of unbranched alkanes of at least 4 members (excludes halogenated alkanes) is 3. The van der Waals surface area contributed by atoms with Crippen LogP contribution in [0.15, 0.2) is 12.7 Å². The van der Waals surface area contributed by atoms with E-state index in [0.717, 1.165) is 38.5 Å². The summed E-state index contributed by atoms with van der Waals surface area (Å²) in [6.45, 7) is 3.66. The second kappa shape index (κ2) is 6.06. The number of carbonyl (C=O) groups is 1. The number of aliphatic hydroxyl groups is 1. The van der Waals surface area contributed by atoms with Gasteiger partial charge in [0.1, 0.15) is 5.60 Å². The first-order valence-corrected chi connectivity index (χ1v) is 6.05. The predicted octanol–water partition coefficient (Wildman–Crippen LogP) is 3.00. The van der Waals surface area contributed by atoms with E-state index in [4.69, 9.17) is 0 Å². The Labute approximate surface area is 92.4 Å². The molecule has 0 heterocycles. The SMILES string of the molecule is C=CCCCCCC(=O)C1(O)CCCC1. The van der Waals surface area contributed by atoms with Gasteiger partial charge in [-0.05, 0) is 44.9 Å². The number of Topliss-reactive ketones (excluding diaryl/α,β-unsaturated/α-hetero) is 1. The molecule has 0 bridgehead atoms. The summed E-state index contributed by atoms with van der Waals surface area (Å²) in [6.07, 6.45) is 9.92. The Kier molecular flexibility index (Phi) is 5.03. The molecule has 1 fully saturated rings. The van der Waals surface area contributed by atoms with Crippen LogP contribution in [0.1, 0.15) is 57.8 Å². The monoisotopic (exact) mass is 210 g/mol. The van der Waals surface area contributed by atoms with Crippen molar-refractivity contribution in [2.45, 2.75) is 63.4 Å². The van der Waals surface area contributed by atoms with E-state index >= 15 is 0 Å². The van der Waals surface area contributed by atoms with Crippen molar-refractivity contribution in [3.8, 4) is 0 Å². The summed E-state index contributed by atoms with van der Waals surface area (Å²) >= 11 is 0. The molecule has 0 aromatic carbocycles. The number of carbonyl (C=O) groups excluding carboxylic acids is 1. The van der Waals surface area contributed by atoms with Gasteiger partial charge in [-0.15, -0.1) is 6.58 Å². The lowest BCUT2D eigenvalue weighted by atomic mass is 9.92. The van der Waals surface area contributed by atoms with Crippen molar-refractivity contribution in [1.82, 2.24) is 0 Å². The molecule has 0 unspecified atom stereocenters. The second-order valence-corrected chi connectivity index (χ2v) is 4.55. The molecule has 1 rings (SSSR count). The first-order valence-electron chi connectivity index (χ1n) is 6.05. The van der Waals surface area contributed by atoms with Gasteiger partial charge in [-0.2, -0.15) is 0 Å². The molecular weight excluding hydrogens is 188 g/mol. The van der Waals surface area contributed by atoms with Gasteiger partial charge in [0, 0.05) is 6.42 Å². The topological polar surface area (TPSA) is 37.3 Å². The predicted molar refractivity (Wildman–Crippen MR) is 61.7 cm³/mol. The minimum Gasteiger partial charge on any atom is -0.382 e. The normalized spacial score (nSPS) is 19.0. The van der Waals surface area contributed by atoms with Crippen molar-refractivity contribution in [3.63, 3.8) is 0 Å². The highest BCUT2D eigenvalue weighted by Gasteiger charge is 2.37. The van der Waals surface area contributed by atoms with Gasteiger partial charge in [-0.1, -0.05) is 12.5 Å². The molecule has 2 heteroatoms. The van der Waals surface area contributed by atoms with E-state index in [1.165, 1.54) is 0 Å². The van der Waals surface area contributed by atoms with E-state index in [1.54, 1.807) is 0 Å². The summed E-state index contributed by atoms with van der Waals surface area (Å²) in [6, 6.07) is 0. The van der Waals surface area contributed by atoms with E-state index in [1.807, 2.05) is 6.08 Å². The van der Waals surface area contributed by atoms with Crippen LogP contribution in [0.3, 0.4) is 0 Å². The van der Waals surface area contributed by atoms with Crippen LogP contribution in [0, 0.1) is 0 Å². The highest BCUT2D eigenvalue weighted by atomic mass is 16.3. The van der Waals surface area contributed by atoms with Crippen molar-refractivity contribution in [1.29, 1.82) is 0 Å². The molecule has 0 amide bonds. The fourth-order valence-electron chi connectivity index (χ4n) is 2.22. The molecule has 0 aromatic heterocycles. The summed E-state index contributed by atoms with van der Waals surface area (Å²) < 4.78 is 0. The van der Waals surface area contributed by atoms with Crippen LogP contribution in [-0.2, 0) is 4.79 Å². The van der Waals surface area contributed by atoms with Crippen molar-refractivity contribution in [2.75, 3.05) is 0 Å². The number of allylic oxidation sites excluding steroid dienone is 1. The molecule has 0 aliphatic heterocycles. The number of hydrogen-bond acceptors (Lipinski definition) is 2. The Morgan fingerprint density at radius 3 is 2.53 bits per heavy atom. The summed E-state index contributed by atoms with van der Waals surface area (Å²) in [5.74, 6) is 0.0682. The van der Waals surface area contributed by atoms with E-state index in [0.29, 0.717) is 19.3 Å². The Hall–Kier alpha value is -0.630. The van der Waals surface area contributed by atoms with Crippen molar-refractivity contribution < 1.29 is 9.90 Å². The standard InChI is InChI=1S/C13H22O2/c1-2-3-4-5-6-9-12(14)13(15)10-7-8-11-13/h2,15H,1,3-11H2. The molecule has 0 atom stereocenters. The smallest absolute Gasteiger partial charge is 0.164 e. The maximum atomic E-state index is 11.7. The third-order valence-electron chi connectivity index (χ3n) is 3.26. The minimum atomic E-state index is -0.960. The van der Waals surface area contributed by atoms with Crippen LogP contribution >= 0.6 is 0 Å². The molecular formula is C13H22O2. The highest BCUT2D eigenvalue weighted by molar-refractivity contribution is 5.87. The van der Waals surface area contributed by atoms with Crippen LogP contribution < -0.4 is 0 Å². The summed E-state index contributed by atoms with van der Waals surface area (Å²) in [5.41, 5.74) is -0.960. The van der Waals surface area contributed by atoms with Gasteiger partial charge in [0.2, 0.25) is 0 Å². The van der Waals surface area contributed by atoms with Crippen LogP contribution in [0.2, 0.25) is 0 Å². The van der Waals surface area contributed by atoms with Crippen LogP contribution in [-0.4, -0.2) is 16.5 Å². The van der Waals surface area contributed by atoms with Crippen LogP contribution in [0.4, 0.5) is 0 Å². The molecule has 2 nitrogen and oxygen atoms in total. The first kappa shape index (κ1) is 12.4. The quantitative estimate of drug-likeness (QED) is 0.518. The molecule has 0 spiro atoms. The van der Waals surface area contributed by atoms with Gasteiger partial charge >= 0.3 is 0 Å². The zero-order chi connectivity index (χ0) is 11.1.